The summed E-state index contributed by atoms with van der Waals surface area (Å²) in [5, 5.41) is 17.9. The first kappa shape index (κ1) is 17.1. The van der Waals surface area contributed by atoms with E-state index in [0.29, 0.717) is 5.92 Å². The molecule has 0 spiro atoms. The van der Waals surface area contributed by atoms with Gasteiger partial charge in [0.2, 0.25) is 0 Å². The zero-order chi connectivity index (χ0) is 16.7. The number of fused-ring (bicyclic) bond motifs is 1. The van der Waals surface area contributed by atoms with E-state index >= 15 is 0 Å². The Morgan fingerprint density at radius 2 is 1.87 bits per heavy atom. The fraction of sp³-hybridized carbons (Fsp3) is 0.444. The Hall–Kier alpha value is -2.24. The van der Waals surface area contributed by atoms with E-state index in [1.807, 2.05) is 18.2 Å². The quantitative estimate of drug-likeness (QED) is 0.656. The van der Waals surface area contributed by atoms with E-state index in [-0.39, 0.29) is 5.57 Å². The van der Waals surface area contributed by atoms with Crippen molar-refractivity contribution in [3.05, 3.63) is 28.8 Å². The number of nitriles is 2. The summed E-state index contributed by atoms with van der Waals surface area (Å²) in [5.74, 6) is 0.496. The Bertz CT molecular complexity index is 760. The number of nitrogens with zero attached hydrogens (tertiary/aromatic N) is 4. The molecule has 0 bridgehead atoms. The van der Waals surface area contributed by atoms with Gasteiger partial charge in [-0.3, -0.25) is 0 Å². The van der Waals surface area contributed by atoms with Gasteiger partial charge in [0, 0.05) is 5.56 Å². The van der Waals surface area contributed by atoms with Crippen LogP contribution in [0.3, 0.4) is 0 Å². The fourth-order valence-corrected chi connectivity index (χ4v) is 3.44. The highest BCUT2D eigenvalue weighted by Crippen LogP contribution is 2.33. The lowest BCUT2D eigenvalue weighted by Crippen LogP contribution is -2.00. The minimum absolute atomic E-state index is 0.0862. The molecule has 0 aliphatic carbocycles. The minimum Gasteiger partial charge on any atom is -0.192 e. The normalized spacial score (nSPS) is 11.7. The second-order valence-corrected chi connectivity index (χ2v) is 6.14. The molecular formula is C18H20N4S. The molecule has 0 saturated heterocycles. The highest BCUT2D eigenvalue weighted by molar-refractivity contribution is 7.00. The molecule has 1 atom stereocenters. The second kappa shape index (κ2) is 8.41. The van der Waals surface area contributed by atoms with Gasteiger partial charge in [-0.2, -0.15) is 19.3 Å². The maximum absolute atomic E-state index is 8.95. The van der Waals surface area contributed by atoms with Crippen LogP contribution in [0, 0.1) is 22.7 Å². The third-order valence-corrected chi connectivity index (χ3v) is 4.53. The number of aromatic nitrogens is 2. The van der Waals surface area contributed by atoms with Crippen LogP contribution in [-0.2, 0) is 0 Å². The molecular weight excluding hydrogens is 304 g/mol. The molecule has 0 radical (unpaired) electrons. The minimum atomic E-state index is 0.0862. The smallest absolute Gasteiger partial charge is 0.130 e. The highest BCUT2D eigenvalue weighted by Gasteiger charge is 2.17. The van der Waals surface area contributed by atoms with E-state index in [4.69, 9.17) is 10.5 Å². The van der Waals surface area contributed by atoms with Gasteiger partial charge in [0.15, 0.2) is 0 Å². The molecule has 0 fully saturated rings. The summed E-state index contributed by atoms with van der Waals surface area (Å²) >= 11 is 1.19. The lowest BCUT2D eigenvalue weighted by molar-refractivity contribution is 0.543. The van der Waals surface area contributed by atoms with Gasteiger partial charge in [0.1, 0.15) is 28.7 Å². The Kier molecular flexibility index (Phi) is 6.26. The van der Waals surface area contributed by atoms with Crippen molar-refractivity contribution < 1.29 is 0 Å². The molecule has 5 heteroatoms. The van der Waals surface area contributed by atoms with Crippen molar-refractivity contribution in [3.63, 3.8) is 0 Å². The monoisotopic (exact) mass is 324 g/mol. The van der Waals surface area contributed by atoms with Crippen LogP contribution >= 0.6 is 11.7 Å². The largest absolute Gasteiger partial charge is 0.192 e. The first-order chi connectivity index (χ1) is 11.2. The number of allylic oxidation sites excluding steroid dienone is 1. The zero-order valence-corrected chi connectivity index (χ0v) is 14.4. The van der Waals surface area contributed by atoms with Crippen molar-refractivity contribution >= 4 is 28.8 Å². The molecule has 2 aromatic rings. The van der Waals surface area contributed by atoms with Crippen LogP contribution in [0.2, 0.25) is 0 Å². The maximum Gasteiger partial charge on any atom is 0.130 e. The van der Waals surface area contributed by atoms with Gasteiger partial charge in [0.05, 0.1) is 11.7 Å². The number of rotatable bonds is 7. The summed E-state index contributed by atoms with van der Waals surface area (Å²) < 4.78 is 8.88. The van der Waals surface area contributed by atoms with Gasteiger partial charge in [0.25, 0.3) is 0 Å². The van der Waals surface area contributed by atoms with Crippen molar-refractivity contribution in [1.29, 1.82) is 10.5 Å². The molecule has 1 unspecified atom stereocenters. The van der Waals surface area contributed by atoms with E-state index in [0.717, 1.165) is 35.9 Å². The number of hydrogen-bond donors (Lipinski definition) is 0. The first-order valence-corrected chi connectivity index (χ1v) is 8.75. The molecule has 0 aliphatic heterocycles. The molecule has 0 aliphatic rings. The molecule has 1 aromatic carbocycles. The molecule has 2 rings (SSSR count). The zero-order valence-electron chi connectivity index (χ0n) is 13.5. The highest BCUT2D eigenvalue weighted by atomic mass is 32.1. The standard InChI is InChI=1S/C18H20N4S/c1-3-5-7-14(6-4-2)16-9-8-15(10-13(11-19)12-20)17-18(16)22-23-21-17/h8-10,14H,3-7H2,1-2H3. The van der Waals surface area contributed by atoms with Gasteiger partial charge in [-0.25, -0.2) is 0 Å². The summed E-state index contributed by atoms with van der Waals surface area (Å²) in [7, 11) is 0. The Morgan fingerprint density at radius 1 is 1.13 bits per heavy atom. The lowest BCUT2D eigenvalue weighted by atomic mass is 9.88. The summed E-state index contributed by atoms with van der Waals surface area (Å²) in [6, 6.07) is 7.85. The third-order valence-electron chi connectivity index (χ3n) is 4.00. The topological polar surface area (TPSA) is 73.4 Å². The van der Waals surface area contributed by atoms with Crippen LogP contribution in [0.4, 0.5) is 0 Å². The number of benzene rings is 1. The molecule has 0 N–H and O–H groups in total. The average Bonchev–Trinajstić information content (AvgIpc) is 3.06. The molecule has 1 heterocycles. The number of unbranched alkanes of at least 4 members (excludes halogenated alkanes) is 1. The van der Waals surface area contributed by atoms with E-state index in [1.165, 1.54) is 30.1 Å². The Labute approximate surface area is 141 Å². The van der Waals surface area contributed by atoms with Gasteiger partial charge in [-0.15, -0.1) is 0 Å². The van der Waals surface area contributed by atoms with Crippen LogP contribution in [0.15, 0.2) is 17.7 Å². The van der Waals surface area contributed by atoms with Crippen molar-refractivity contribution in [2.45, 2.75) is 51.9 Å². The van der Waals surface area contributed by atoms with Crippen LogP contribution in [0.25, 0.3) is 17.1 Å². The Morgan fingerprint density at radius 3 is 2.52 bits per heavy atom. The van der Waals surface area contributed by atoms with Crippen LogP contribution in [0.1, 0.15) is 63.0 Å². The Balaban J connectivity index is 2.49. The first-order valence-electron chi connectivity index (χ1n) is 8.02. The van der Waals surface area contributed by atoms with Gasteiger partial charge < -0.3 is 0 Å². The van der Waals surface area contributed by atoms with Gasteiger partial charge in [-0.05, 0) is 30.4 Å². The van der Waals surface area contributed by atoms with Crippen molar-refractivity contribution in [2.75, 3.05) is 0 Å². The van der Waals surface area contributed by atoms with Crippen molar-refractivity contribution in [2.24, 2.45) is 0 Å². The van der Waals surface area contributed by atoms with Crippen LogP contribution in [0.5, 0.6) is 0 Å². The summed E-state index contributed by atoms with van der Waals surface area (Å²) in [6.07, 6.45) is 7.43. The predicted octanol–water partition coefficient (Wildman–Crippen LogP) is 5.20. The molecule has 118 valence electrons. The lowest BCUT2D eigenvalue weighted by Gasteiger charge is -2.17. The van der Waals surface area contributed by atoms with E-state index in [2.05, 4.69) is 28.7 Å². The second-order valence-electron chi connectivity index (χ2n) is 5.61. The van der Waals surface area contributed by atoms with E-state index < -0.39 is 0 Å². The van der Waals surface area contributed by atoms with Crippen molar-refractivity contribution in [1.82, 2.24) is 8.75 Å². The van der Waals surface area contributed by atoms with Crippen molar-refractivity contribution in [3.8, 4) is 12.1 Å². The number of hydrogen-bond acceptors (Lipinski definition) is 5. The molecule has 0 amide bonds. The summed E-state index contributed by atoms with van der Waals surface area (Å²) in [6.45, 7) is 4.42. The van der Waals surface area contributed by atoms with Crippen LogP contribution in [-0.4, -0.2) is 8.75 Å². The summed E-state index contributed by atoms with van der Waals surface area (Å²) in [5.41, 5.74) is 3.85. The molecule has 0 saturated carbocycles. The van der Waals surface area contributed by atoms with Crippen LogP contribution < -0.4 is 0 Å². The van der Waals surface area contributed by atoms with E-state index in [1.54, 1.807) is 6.08 Å². The third kappa shape index (κ3) is 3.94. The molecule has 4 nitrogen and oxygen atoms in total. The maximum atomic E-state index is 8.95. The average molecular weight is 324 g/mol. The SMILES string of the molecule is CCCCC(CCC)c1ccc(C=C(C#N)C#N)c2nsnc12. The predicted molar refractivity (Wildman–Crippen MR) is 93.8 cm³/mol. The fourth-order valence-electron chi connectivity index (χ4n) is 2.85. The van der Waals surface area contributed by atoms with E-state index in [9.17, 15) is 0 Å². The molecule has 1 aromatic heterocycles. The van der Waals surface area contributed by atoms with Gasteiger partial charge in [-0.1, -0.05) is 45.2 Å². The van der Waals surface area contributed by atoms with Gasteiger partial charge >= 0.3 is 0 Å². The summed E-state index contributed by atoms with van der Waals surface area (Å²) in [4.78, 5) is 0. The molecule has 23 heavy (non-hydrogen) atoms.